The van der Waals surface area contributed by atoms with Crippen LogP contribution in [0.1, 0.15) is 16.1 Å². The molecule has 1 amide bonds. The number of carbonyl (C=O) groups excluding carboxylic acids is 1. The van der Waals surface area contributed by atoms with E-state index in [9.17, 15) is 9.59 Å². The lowest BCUT2D eigenvalue weighted by molar-refractivity contribution is -0.137. The van der Waals surface area contributed by atoms with Gasteiger partial charge in [0.05, 0.1) is 0 Å². The van der Waals surface area contributed by atoms with Crippen molar-refractivity contribution in [1.82, 2.24) is 14.7 Å². The average Bonchev–Trinajstić information content (AvgIpc) is 2.86. The summed E-state index contributed by atoms with van der Waals surface area (Å²) in [7, 11) is 1.69. The first-order valence-corrected chi connectivity index (χ1v) is 6.11. The highest BCUT2D eigenvalue weighted by molar-refractivity contribution is 5.92. The van der Waals surface area contributed by atoms with E-state index in [1.54, 1.807) is 11.9 Å². The second-order valence-corrected chi connectivity index (χ2v) is 4.44. The van der Waals surface area contributed by atoms with E-state index in [1.165, 1.54) is 16.9 Å². The van der Waals surface area contributed by atoms with Crippen LogP contribution in [0.25, 0.3) is 0 Å². The van der Waals surface area contributed by atoms with Crippen LogP contribution in [0.5, 0.6) is 0 Å². The van der Waals surface area contributed by atoms with Crippen molar-refractivity contribution >= 4 is 11.9 Å². The molecule has 0 fully saturated rings. The number of hydrogen-bond acceptors (Lipinski definition) is 3. The molecule has 2 aromatic rings. The molecule has 0 aliphatic carbocycles. The molecule has 1 heterocycles. The van der Waals surface area contributed by atoms with Gasteiger partial charge in [0.25, 0.3) is 5.91 Å². The Hall–Kier alpha value is -2.63. The van der Waals surface area contributed by atoms with Crippen molar-refractivity contribution in [1.29, 1.82) is 0 Å². The van der Waals surface area contributed by atoms with Crippen LogP contribution in [0.2, 0.25) is 0 Å². The zero-order valence-corrected chi connectivity index (χ0v) is 11.1. The maximum atomic E-state index is 12.2. The molecule has 20 heavy (non-hydrogen) atoms. The standard InChI is InChI=1S/C14H15N3O3/c1-16(9-11-5-3-2-4-6-11)14(20)12-7-8-17(15-12)10-13(18)19/h2-8H,9-10H2,1H3,(H,18,19). The lowest BCUT2D eigenvalue weighted by Crippen LogP contribution is -2.26. The minimum atomic E-state index is -0.996. The SMILES string of the molecule is CN(Cc1ccccc1)C(=O)c1ccn(CC(=O)O)n1. The highest BCUT2D eigenvalue weighted by atomic mass is 16.4. The minimum Gasteiger partial charge on any atom is -0.480 e. The van der Waals surface area contributed by atoms with Gasteiger partial charge in [0.2, 0.25) is 0 Å². The minimum absolute atomic E-state index is 0.238. The van der Waals surface area contributed by atoms with E-state index in [2.05, 4.69) is 5.10 Å². The first-order valence-electron chi connectivity index (χ1n) is 6.11. The summed E-state index contributed by atoms with van der Waals surface area (Å²) in [4.78, 5) is 24.3. The van der Waals surface area contributed by atoms with Crippen molar-refractivity contribution in [3.05, 3.63) is 53.9 Å². The Labute approximate surface area is 116 Å². The van der Waals surface area contributed by atoms with Gasteiger partial charge in [-0.2, -0.15) is 5.10 Å². The Balaban J connectivity index is 2.03. The number of aromatic nitrogens is 2. The largest absolute Gasteiger partial charge is 0.480 e. The summed E-state index contributed by atoms with van der Waals surface area (Å²) < 4.78 is 1.23. The van der Waals surface area contributed by atoms with Crippen molar-refractivity contribution in [2.24, 2.45) is 0 Å². The number of aliphatic carboxylic acids is 1. The molecule has 0 bridgehead atoms. The number of carboxylic acid groups (broad SMARTS) is 1. The average molecular weight is 273 g/mol. The summed E-state index contributed by atoms with van der Waals surface area (Å²) >= 11 is 0. The monoisotopic (exact) mass is 273 g/mol. The van der Waals surface area contributed by atoms with Crippen LogP contribution >= 0.6 is 0 Å². The third-order valence-electron chi connectivity index (χ3n) is 2.77. The molecule has 0 saturated carbocycles. The highest BCUT2D eigenvalue weighted by Gasteiger charge is 2.15. The van der Waals surface area contributed by atoms with Gasteiger partial charge in [-0.15, -0.1) is 0 Å². The highest BCUT2D eigenvalue weighted by Crippen LogP contribution is 2.07. The Kier molecular flexibility index (Phi) is 4.14. The molecular formula is C14H15N3O3. The number of benzene rings is 1. The molecule has 0 unspecified atom stereocenters. The summed E-state index contributed by atoms with van der Waals surface area (Å²) in [5.74, 6) is -1.23. The number of hydrogen-bond donors (Lipinski definition) is 1. The molecule has 104 valence electrons. The summed E-state index contributed by atoms with van der Waals surface area (Å²) in [5, 5.41) is 12.6. The Morgan fingerprint density at radius 1 is 1.25 bits per heavy atom. The van der Waals surface area contributed by atoms with Crippen LogP contribution in [0.15, 0.2) is 42.6 Å². The fraction of sp³-hybridized carbons (Fsp3) is 0.214. The molecular weight excluding hydrogens is 258 g/mol. The molecule has 6 nitrogen and oxygen atoms in total. The van der Waals surface area contributed by atoms with Crippen molar-refractivity contribution in [2.45, 2.75) is 13.1 Å². The second kappa shape index (κ2) is 6.01. The Morgan fingerprint density at radius 2 is 1.95 bits per heavy atom. The van der Waals surface area contributed by atoms with Crippen LogP contribution in [0.4, 0.5) is 0 Å². The maximum absolute atomic E-state index is 12.2. The summed E-state index contributed by atoms with van der Waals surface area (Å²) in [6, 6.07) is 11.1. The van der Waals surface area contributed by atoms with Gasteiger partial charge >= 0.3 is 5.97 Å². The van der Waals surface area contributed by atoms with E-state index < -0.39 is 5.97 Å². The van der Waals surface area contributed by atoms with E-state index in [4.69, 9.17) is 5.11 Å². The second-order valence-electron chi connectivity index (χ2n) is 4.44. The van der Waals surface area contributed by atoms with Gasteiger partial charge < -0.3 is 10.0 Å². The van der Waals surface area contributed by atoms with Gasteiger partial charge in [0.1, 0.15) is 12.2 Å². The molecule has 1 aromatic heterocycles. The Bertz CT molecular complexity index is 607. The van der Waals surface area contributed by atoms with Gasteiger partial charge in [-0.3, -0.25) is 14.3 Å². The van der Waals surface area contributed by atoms with Crippen molar-refractivity contribution in [3.63, 3.8) is 0 Å². The van der Waals surface area contributed by atoms with Gasteiger partial charge in [0.15, 0.2) is 0 Å². The van der Waals surface area contributed by atoms with Crippen LogP contribution in [0, 0.1) is 0 Å². The molecule has 0 aliphatic heterocycles. The first kappa shape index (κ1) is 13.8. The van der Waals surface area contributed by atoms with E-state index >= 15 is 0 Å². The summed E-state index contributed by atoms with van der Waals surface area (Å²) in [6.07, 6.45) is 1.48. The molecule has 0 saturated heterocycles. The topological polar surface area (TPSA) is 75.4 Å². The van der Waals surface area contributed by atoms with Crippen molar-refractivity contribution < 1.29 is 14.7 Å². The third-order valence-corrected chi connectivity index (χ3v) is 2.77. The van der Waals surface area contributed by atoms with Crippen LogP contribution < -0.4 is 0 Å². The third kappa shape index (κ3) is 3.44. The van der Waals surface area contributed by atoms with E-state index in [0.717, 1.165) is 5.56 Å². The van der Waals surface area contributed by atoms with E-state index in [-0.39, 0.29) is 18.1 Å². The predicted octanol–water partition coefficient (Wildman–Crippen LogP) is 1.24. The normalized spacial score (nSPS) is 10.2. The zero-order valence-electron chi connectivity index (χ0n) is 11.1. The molecule has 0 atom stereocenters. The van der Waals surface area contributed by atoms with Crippen molar-refractivity contribution in [3.8, 4) is 0 Å². The number of nitrogens with zero attached hydrogens (tertiary/aromatic N) is 3. The fourth-order valence-corrected chi connectivity index (χ4v) is 1.83. The molecule has 1 N–H and O–H groups in total. The molecule has 0 spiro atoms. The number of rotatable bonds is 5. The fourth-order valence-electron chi connectivity index (χ4n) is 1.83. The molecule has 0 aliphatic rings. The van der Waals surface area contributed by atoms with Gasteiger partial charge in [-0.1, -0.05) is 30.3 Å². The molecule has 1 aromatic carbocycles. The summed E-state index contributed by atoms with van der Waals surface area (Å²) in [5.41, 5.74) is 1.26. The lowest BCUT2D eigenvalue weighted by atomic mass is 10.2. The number of carbonyl (C=O) groups is 2. The van der Waals surface area contributed by atoms with Gasteiger partial charge in [0, 0.05) is 19.8 Å². The lowest BCUT2D eigenvalue weighted by Gasteiger charge is -2.15. The van der Waals surface area contributed by atoms with Gasteiger partial charge in [-0.05, 0) is 11.6 Å². The molecule has 2 rings (SSSR count). The van der Waals surface area contributed by atoms with Crippen LogP contribution in [0.3, 0.4) is 0 Å². The van der Waals surface area contributed by atoms with Crippen molar-refractivity contribution in [2.75, 3.05) is 7.05 Å². The predicted molar refractivity (Wildman–Crippen MR) is 72.1 cm³/mol. The van der Waals surface area contributed by atoms with E-state index in [0.29, 0.717) is 6.54 Å². The van der Waals surface area contributed by atoms with Crippen LogP contribution in [-0.4, -0.2) is 38.7 Å². The zero-order chi connectivity index (χ0) is 14.5. The van der Waals surface area contributed by atoms with Gasteiger partial charge in [-0.25, -0.2) is 0 Å². The smallest absolute Gasteiger partial charge is 0.325 e. The quantitative estimate of drug-likeness (QED) is 0.889. The number of carboxylic acids is 1. The molecule has 0 radical (unpaired) electrons. The van der Waals surface area contributed by atoms with E-state index in [1.807, 2.05) is 30.3 Å². The summed E-state index contributed by atoms with van der Waals surface area (Å²) in [6.45, 7) is 0.223. The number of amides is 1. The molecule has 6 heteroatoms. The van der Waals surface area contributed by atoms with Crippen LogP contribution in [-0.2, 0) is 17.9 Å². The maximum Gasteiger partial charge on any atom is 0.325 e. The Morgan fingerprint density at radius 3 is 2.60 bits per heavy atom. The first-order chi connectivity index (χ1) is 9.56.